The summed E-state index contributed by atoms with van der Waals surface area (Å²) < 4.78 is 148. The number of halogens is 13. The van der Waals surface area contributed by atoms with Crippen molar-refractivity contribution in [2.24, 2.45) is 0 Å². The molecule has 0 spiro atoms. The second-order valence-corrected chi connectivity index (χ2v) is 9.84. The Hall–Kier alpha value is -3.21. The van der Waals surface area contributed by atoms with Crippen molar-refractivity contribution in [1.82, 2.24) is 0 Å². The van der Waals surface area contributed by atoms with Crippen LogP contribution in [0.4, 0.5) is 59.7 Å². The normalized spacial score (nSPS) is 13.9. The SMILES string of the molecule is O=C(Nc1cccc(C(=O)Nc2c(Br)cc(C(F)(C(F)(F)F)C(F)(F)C(F)(F)F)cc2Br)c1F)c1cccc(F)c1. The number of nitrogens with one attached hydrogen (secondary N) is 2. The molecule has 3 aromatic rings. The maximum atomic E-state index is 15.0. The number of alkyl halides is 9. The van der Waals surface area contributed by atoms with Gasteiger partial charge in [0.15, 0.2) is 5.82 Å². The Morgan fingerprint density at radius 2 is 1.24 bits per heavy atom. The van der Waals surface area contributed by atoms with Crippen LogP contribution in [0, 0.1) is 11.6 Å². The minimum atomic E-state index is -6.95. The van der Waals surface area contributed by atoms with Crippen LogP contribution in [0.3, 0.4) is 0 Å². The van der Waals surface area contributed by atoms with Crippen LogP contribution < -0.4 is 10.6 Å². The van der Waals surface area contributed by atoms with Gasteiger partial charge in [-0.2, -0.15) is 35.1 Å². The lowest BCUT2D eigenvalue weighted by Gasteiger charge is -2.36. The molecular formula is C24H11Br2F11N2O2. The Morgan fingerprint density at radius 1 is 0.683 bits per heavy atom. The van der Waals surface area contributed by atoms with E-state index < -0.39 is 78.8 Å². The third-order valence-corrected chi connectivity index (χ3v) is 6.69. The minimum Gasteiger partial charge on any atom is -0.320 e. The van der Waals surface area contributed by atoms with E-state index in [2.05, 4.69) is 37.2 Å². The fourth-order valence-corrected chi connectivity index (χ4v) is 4.80. The molecule has 220 valence electrons. The molecule has 0 bridgehead atoms. The molecule has 1 atom stereocenters. The zero-order valence-corrected chi connectivity index (χ0v) is 22.6. The zero-order valence-electron chi connectivity index (χ0n) is 19.4. The average molecular weight is 728 g/mol. The predicted molar refractivity (Wildman–Crippen MR) is 130 cm³/mol. The van der Waals surface area contributed by atoms with E-state index in [1.165, 1.54) is 12.1 Å². The standard InChI is InChI=1S/C24H11Br2F11N2O2/c25-14-8-11(21(29,23(32,33)34)22(30,31)24(35,36)37)9-15(26)18(14)39-20(41)13-5-2-6-16(17(13)28)38-19(40)10-3-1-4-12(27)7-10/h1-9H,(H,38,40)(H,39,41). The lowest BCUT2D eigenvalue weighted by Crippen LogP contribution is -2.59. The number of carbonyl (C=O) groups excluding carboxylic acids is 2. The lowest BCUT2D eigenvalue weighted by molar-refractivity contribution is -0.389. The molecule has 0 aliphatic heterocycles. The average Bonchev–Trinajstić information content (AvgIpc) is 2.85. The number of rotatable bonds is 6. The van der Waals surface area contributed by atoms with Crippen LogP contribution in [0.5, 0.6) is 0 Å². The van der Waals surface area contributed by atoms with E-state index in [0.717, 1.165) is 30.3 Å². The molecule has 4 nitrogen and oxygen atoms in total. The van der Waals surface area contributed by atoms with Crippen LogP contribution in [0.2, 0.25) is 0 Å². The molecule has 0 aromatic heterocycles. The first-order valence-electron chi connectivity index (χ1n) is 10.6. The maximum absolute atomic E-state index is 15.0. The van der Waals surface area contributed by atoms with E-state index in [4.69, 9.17) is 0 Å². The van der Waals surface area contributed by atoms with E-state index in [1.807, 2.05) is 5.32 Å². The molecule has 3 rings (SSSR count). The molecule has 0 radical (unpaired) electrons. The van der Waals surface area contributed by atoms with Crippen LogP contribution >= 0.6 is 31.9 Å². The quantitative estimate of drug-likeness (QED) is 0.249. The molecule has 2 N–H and O–H groups in total. The van der Waals surface area contributed by atoms with Gasteiger partial charge in [0.25, 0.3) is 11.8 Å². The number of hydrogen-bond donors (Lipinski definition) is 2. The minimum absolute atomic E-state index is 0.0560. The fourth-order valence-electron chi connectivity index (χ4n) is 3.42. The van der Waals surface area contributed by atoms with Crippen molar-refractivity contribution in [3.05, 3.63) is 91.9 Å². The first-order chi connectivity index (χ1) is 18.7. The summed E-state index contributed by atoms with van der Waals surface area (Å²) >= 11 is 5.17. The highest BCUT2D eigenvalue weighted by Crippen LogP contribution is 2.59. The number of amides is 2. The van der Waals surface area contributed by atoms with Gasteiger partial charge >= 0.3 is 23.9 Å². The molecule has 0 saturated heterocycles. The first kappa shape index (κ1) is 32.3. The van der Waals surface area contributed by atoms with Gasteiger partial charge in [0.2, 0.25) is 0 Å². The smallest absolute Gasteiger partial charge is 0.320 e. The van der Waals surface area contributed by atoms with Crippen molar-refractivity contribution in [1.29, 1.82) is 0 Å². The highest BCUT2D eigenvalue weighted by Gasteiger charge is 2.81. The third-order valence-electron chi connectivity index (χ3n) is 5.44. The summed E-state index contributed by atoms with van der Waals surface area (Å²) in [7, 11) is 0. The van der Waals surface area contributed by atoms with Crippen LogP contribution in [0.1, 0.15) is 26.3 Å². The van der Waals surface area contributed by atoms with Crippen LogP contribution in [0.25, 0.3) is 0 Å². The fraction of sp³-hybridized carbons (Fsp3) is 0.167. The summed E-state index contributed by atoms with van der Waals surface area (Å²) in [4.78, 5) is 25.1. The Balaban J connectivity index is 1.96. The molecule has 0 aliphatic rings. The van der Waals surface area contributed by atoms with Gasteiger partial charge in [-0.3, -0.25) is 9.59 Å². The summed E-state index contributed by atoms with van der Waals surface area (Å²) in [5.41, 5.74) is -10.5. The molecular weight excluding hydrogens is 717 g/mol. The monoisotopic (exact) mass is 726 g/mol. The van der Waals surface area contributed by atoms with Gasteiger partial charge in [0.1, 0.15) is 5.82 Å². The summed E-state index contributed by atoms with van der Waals surface area (Å²) in [5, 5.41) is 4.10. The topological polar surface area (TPSA) is 58.2 Å². The van der Waals surface area contributed by atoms with Crippen LogP contribution in [0.15, 0.2) is 63.5 Å². The largest absolute Gasteiger partial charge is 0.457 e. The van der Waals surface area contributed by atoms with Crippen LogP contribution in [-0.4, -0.2) is 30.1 Å². The van der Waals surface area contributed by atoms with E-state index in [-0.39, 0.29) is 17.7 Å². The second kappa shape index (κ2) is 11.2. The summed E-state index contributed by atoms with van der Waals surface area (Å²) in [6.45, 7) is 0. The number of benzene rings is 3. The number of hydrogen-bond acceptors (Lipinski definition) is 2. The van der Waals surface area contributed by atoms with E-state index in [9.17, 15) is 53.5 Å². The Labute approximate surface area is 239 Å². The molecule has 0 fully saturated rings. The number of carbonyl (C=O) groups is 2. The van der Waals surface area contributed by atoms with Gasteiger partial charge in [0.05, 0.1) is 16.9 Å². The number of anilines is 2. The molecule has 1 unspecified atom stereocenters. The van der Waals surface area contributed by atoms with Gasteiger partial charge in [0, 0.05) is 20.1 Å². The van der Waals surface area contributed by atoms with Crippen molar-refractivity contribution in [2.75, 3.05) is 10.6 Å². The maximum Gasteiger partial charge on any atom is 0.457 e. The summed E-state index contributed by atoms with van der Waals surface area (Å²) in [6, 6.07) is 7.23. The third kappa shape index (κ3) is 6.05. The first-order valence-corrected chi connectivity index (χ1v) is 12.2. The van der Waals surface area contributed by atoms with Gasteiger partial charge in [-0.05, 0) is 74.3 Å². The highest BCUT2D eigenvalue weighted by molar-refractivity contribution is 9.11. The molecule has 0 heterocycles. The van der Waals surface area contributed by atoms with Crippen LogP contribution in [-0.2, 0) is 5.67 Å². The zero-order chi connectivity index (χ0) is 31.1. The second-order valence-electron chi connectivity index (χ2n) is 8.13. The molecule has 17 heteroatoms. The Bertz CT molecular complexity index is 1490. The molecule has 2 amide bonds. The summed E-state index contributed by atoms with van der Waals surface area (Å²) in [5.74, 6) is -11.3. The van der Waals surface area contributed by atoms with Crippen molar-refractivity contribution in [3.63, 3.8) is 0 Å². The predicted octanol–water partition coefficient (Wildman–Crippen LogP) is 8.92. The Morgan fingerprint density at radius 3 is 1.76 bits per heavy atom. The van der Waals surface area contributed by atoms with E-state index >= 15 is 4.39 Å². The van der Waals surface area contributed by atoms with Crippen molar-refractivity contribution in [3.8, 4) is 0 Å². The molecule has 41 heavy (non-hydrogen) atoms. The molecule has 0 aliphatic carbocycles. The van der Waals surface area contributed by atoms with Gasteiger partial charge in [-0.15, -0.1) is 0 Å². The van der Waals surface area contributed by atoms with E-state index in [1.54, 1.807) is 0 Å². The van der Waals surface area contributed by atoms with Crippen molar-refractivity contribution < 1.29 is 57.9 Å². The lowest BCUT2D eigenvalue weighted by atomic mass is 9.87. The van der Waals surface area contributed by atoms with Gasteiger partial charge < -0.3 is 10.6 Å². The van der Waals surface area contributed by atoms with Crippen molar-refractivity contribution in [2.45, 2.75) is 23.9 Å². The summed E-state index contributed by atoms with van der Waals surface area (Å²) in [6.07, 6.45) is -13.7. The van der Waals surface area contributed by atoms with Gasteiger partial charge in [-0.25, -0.2) is 13.2 Å². The molecule has 0 saturated carbocycles. The highest BCUT2D eigenvalue weighted by atomic mass is 79.9. The van der Waals surface area contributed by atoms with E-state index in [0.29, 0.717) is 0 Å². The Kier molecular flexibility index (Phi) is 8.85. The van der Waals surface area contributed by atoms with Crippen molar-refractivity contribution >= 4 is 55.0 Å². The van der Waals surface area contributed by atoms with Gasteiger partial charge in [-0.1, -0.05) is 12.1 Å². The molecule has 3 aromatic carbocycles.